The molecule has 0 spiro atoms. The minimum atomic E-state index is -0.0629. The molecule has 9 heteroatoms. The molecule has 3 heterocycles. The minimum Gasteiger partial charge on any atom is -0.492 e. The zero-order valence-corrected chi connectivity index (χ0v) is 19.6. The highest BCUT2D eigenvalue weighted by atomic mass is 32.1. The molecule has 0 fully saturated rings. The third kappa shape index (κ3) is 4.06. The number of benzene rings is 1. The van der Waals surface area contributed by atoms with Crippen molar-refractivity contribution in [1.29, 1.82) is 0 Å². The fourth-order valence-electron chi connectivity index (χ4n) is 4.63. The number of carbonyl (C=O) groups excluding carboxylic acids is 1. The van der Waals surface area contributed by atoms with Gasteiger partial charge in [0.2, 0.25) is 5.91 Å². The van der Waals surface area contributed by atoms with Gasteiger partial charge in [0.1, 0.15) is 22.7 Å². The summed E-state index contributed by atoms with van der Waals surface area (Å²) in [4.78, 5) is 30.0. The first-order valence-corrected chi connectivity index (χ1v) is 12.1. The van der Waals surface area contributed by atoms with Crippen LogP contribution in [0.4, 0.5) is 11.5 Å². The van der Waals surface area contributed by atoms with E-state index in [-0.39, 0.29) is 18.4 Å². The third-order valence-corrected chi connectivity index (χ3v) is 7.45. The van der Waals surface area contributed by atoms with Crippen LogP contribution in [-0.2, 0) is 24.2 Å². The van der Waals surface area contributed by atoms with Crippen molar-refractivity contribution in [2.24, 2.45) is 10.9 Å². The standard InChI is InChI=1S/C24H27N5O3S/c1-3-32-19-9-16-12-25-11-15(16)8-18(19)28-22-21-17-5-4-14(24(31)29(2)6-7-30)10-20(17)33-23(21)27-13-26-22/h8-9,11,13-14,30H,3-7,10,12H2,1-2H3,(H,26,27,28)/t14-/m0/s1. The average molecular weight is 466 g/mol. The zero-order chi connectivity index (χ0) is 22.9. The van der Waals surface area contributed by atoms with Crippen LogP contribution >= 0.6 is 11.3 Å². The molecule has 1 aliphatic heterocycles. The van der Waals surface area contributed by atoms with Gasteiger partial charge in [-0.05, 0) is 55.0 Å². The van der Waals surface area contributed by atoms with E-state index in [2.05, 4.69) is 32.4 Å². The molecule has 1 atom stereocenters. The van der Waals surface area contributed by atoms with Crippen LogP contribution in [0.1, 0.15) is 34.9 Å². The number of rotatable bonds is 7. The maximum atomic E-state index is 12.8. The molecule has 172 valence electrons. The number of thiophene rings is 1. The average Bonchev–Trinajstić information content (AvgIpc) is 3.42. The van der Waals surface area contributed by atoms with E-state index in [0.29, 0.717) is 26.1 Å². The molecule has 5 rings (SSSR count). The zero-order valence-electron chi connectivity index (χ0n) is 18.8. The smallest absolute Gasteiger partial charge is 0.225 e. The van der Waals surface area contributed by atoms with Crippen molar-refractivity contribution in [2.45, 2.75) is 32.7 Å². The number of aromatic nitrogens is 2. The number of nitrogens with zero attached hydrogens (tertiary/aromatic N) is 4. The fraction of sp³-hybridized carbons (Fsp3) is 0.417. The Bertz CT molecular complexity index is 1240. The molecule has 3 aromatic rings. The first-order chi connectivity index (χ1) is 16.1. The van der Waals surface area contributed by atoms with E-state index in [1.165, 1.54) is 10.4 Å². The molecule has 2 N–H and O–H groups in total. The molecule has 0 radical (unpaired) electrons. The topological polar surface area (TPSA) is 99.9 Å². The summed E-state index contributed by atoms with van der Waals surface area (Å²) in [7, 11) is 1.75. The quantitative estimate of drug-likeness (QED) is 0.555. The van der Waals surface area contributed by atoms with Crippen molar-refractivity contribution in [2.75, 3.05) is 32.1 Å². The molecule has 0 unspecified atom stereocenters. The van der Waals surface area contributed by atoms with Crippen LogP contribution in [0.15, 0.2) is 23.5 Å². The summed E-state index contributed by atoms with van der Waals surface area (Å²) >= 11 is 1.64. The minimum absolute atomic E-state index is 0.0218. The number of aliphatic hydroxyl groups is 1. The summed E-state index contributed by atoms with van der Waals surface area (Å²) < 4.78 is 5.90. The second-order valence-corrected chi connectivity index (χ2v) is 9.49. The van der Waals surface area contributed by atoms with Gasteiger partial charge in [-0.25, -0.2) is 9.97 Å². The van der Waals surface area contributed by atoms with Crippen LogP contribution in [0.25, 0.3) is 10.2 Å². The lowest BCUT2D eigenvalue weighted by Gasteiger charge is -2.26. The maximum Gasteiger partial charge on any atom is 0.225 e. The molecule has 0 saturated heterocycles. The molecule has 0 bridgehead atoms. The largest absolute Gasteiger partial charge is 0.492 e. The van der Waals surface area contributed by atoms with Crippen molar-refractivity contribution >= 4 is 45.2 Å². The Labute approximate surface area is 196 Å². The van der Waals surface area contributed by atoms with Crippen LogP contribution in [0.5, 0.6) is 5.75 Å². The number of hydrogen-bond acceptors (Lipinski definition) is 8. The predicted octanol–water partition coefficient (Wildman–Crippen LogP) is 3.32. The SMILES string of the molecule is CCOc1cc2c(cc1Nc1ncnc3sc4c(c13)CC[C@H](C(=O)N(C)CCO)C4)C=NC2. The lowest BCUT2D eigenvalue weighted by molar-refractivity contribution is -0.135. The first-order valence-electron chi connectivity index (χ1n) is 11.3. The fourth-order valence-corrected chi connectivity index (χ4v) is 5.89. The lowest BCUT2D eigenvalue weighted by atomic mass is 9.87. The molecule has 0 saturated carbocycles. The van der Waals surface area contributed by atoms with Crippen LogP contribution in [-0.4, -0.2) is 58.9 Å². The highest BCUT2D eigenvalue weighted by molar-refractivity contribution is 7.19. The third-order valence-electron chi connectivity index (χ3n) is 6.29. The molecule has 1 amide bonds. The van der Waals surface area contributed by atoms with Crippen LogP contribution in [0.2, 0.25) is 0 Å². The Morgan fingerprint density at radius 3 is 3.06 bits per heavy atom. The van der Waals surface area contributed by atoms with Gasteiger partial charge in [-0.1, -0.05) is 0 Å². The Hall–Kier alpha value is -3.04. The van der Waals surface area contributed by atoms with E-state index >= 15 is 0 Å². The molecular weight excluding hydrogens is 438 g/mol. The molecule has 2 aliphatic rings. The number of aryl methyl sites for hydroxylation is 1. The number of hydrogen-bond donors (Lipinski definition) is 2. The van der Waals surface area contributed by atoms with Gasteiger partial charge in [-0.15, -0.1) is 11.3 Å². The van der Waals surface area contributed by atoms with Gasteiger partial charge < -0.3 is 20.1 Å². The molecule has 8 nitrogen and oxygen atoms in total. The van der Waals surface area contributed by atoms with E-state index in [0.717, 1.165) is 51.4 Å². The summed E-state index contributed by atoms with van der Waals surface area (Å²) in [5.41, 5.74) is 4.34. The second kappa shape index (κ2) is 9.07. The van der Waals surface area contributed by atoms with E-state index in [9.17, 15) is 4.79 Å². The summed E-state index contributed by atoms with van der Waals surface area (Å²) in [6.45, 7) is 3.56. The number of aliphatic imine (C=N–C) groups is 1. The van der Waals surface area contributed by atoms with Gasteiger partial charge in [0.05, 0.1) is 30.8 Å². The summed E-state index contributed by atoms with van der Waals surface area (Å²) in [6, 6.07) is 4.12. The van der Waals surface area contributed by atoms with Crippen LogP contribution in [0.3, 0.4) is 0 Å². The van der Waals surface area contributed by atoms with E-state index in [1.807, 2.05) is 13.1 Å². The number of likely N-dealkylation sites (N-methyl/N-ethyl adjacent to an activating group) is 1. The van der Waals surface area contributed by atoms with Crippen molar-refractivity contribution < 1.29 is 14.6 Å². The highest BCUT2D eigenvalue weighted by Gasteiger charge is 2.30. The van der Waals surface area contributed by atoms with Crippen molar-refractivity contribution in [3.8, 4) is 5.75 Å². The normalized spacial score (nSPS) is 16.5. The van der Waals surface area contributed by atoms with E-state index in [4.69, 9.17) is 9.84 Å². The molecule has 2 aromatic heterocycles. The predicted molar refractivity (Wildman–Crippen MR) is 130 cm³/mol. The first kappa shape index (κ1) is 21.8. The van der Waals surface area contributed by atoms with Crippen LogP contribution < -0.4 is 10.1 Å². The summed E-state index contributed by atoms with van der Waals surface area (Å²) in [5.74, 6) is 1.58. The molecule has 1 aliphatic carbocycles. The Morgan fingerprint density at radius 1 is 1.36 bits per heavy atom. The number of anilines is 2. The molecule has 1 aromatic carbocycles. The van der Waals surface area contributed by atoms with E-state index < -0.39 is 0 Å². The van der Waals surface area contributed by atoms with Gasteiger partial charge >= 0.3 is 0 Å². The van der Waals surface area contributed by atoms with Gasteiger partial charge in [0, 0.05) is 30.6 Å². The summed E-state index contributed by atoms with van der Waals surface area (Å²) in [6.07, 6.45) is 5.75. The number of nitrogens with one attached hydrogen (secondary N) is 1. The van der Waals surface area contributed by atoms with E-state index in [1.54, 1.807) is 29.6 Å². The van der Waals surface area contributed by atoms with Crippen molar-refractivity contribution in [3.63, 3.8) is 0 Å². The van der Waals surface area contributed by atoms with Gasteiger partial charge in [0.15, 0.2) is 0 Å². The van der Waals surface area contributed by atoms with Gasteiger partial charge in [0.25, 0.3) is 0 Å². The number of fused-ring (bicyclic) bond motifs is 4. The second-order valence-electron chi connectivity index (χ2n) is 8.40. The van der Waals surface area contributed by atoms with Gasteiger partial charge in [-0.2, -0.15) is 0 Å². The van der Waals surface area contributed by atoms with Gasteiger partial charge in [-0.3, -0.25) is 9.79 Å². The number of amides is 1. The van der Waals surface area contributed by atoms with Crippen LogP contribution in [0, 0.1) is 5.92 Å². The number of aliphatic hydroxyl groups excluding tert-OH is 1. The Balaban J connectivity index is 1.48. The number of ether oxygens (including phenoxy) is 1. The monoisotopic (exact) mass is 465 g/mol. The van der Waals surface area contributed by atoms with Crippen molar-refractivity contribution in [3.05, 3.63) is 40.0 Å². The van der Waals surface area contributed by atoms with Crippen molar-refractivity contribution in [1.82, 2.24) is 14.9 Å². The highest BCUT2D eigenvalue weighted by Crippen LogP contribution is 2.42. The molecular formula is C24H27N5O3S. The Kier molecular flexibility index (Phi) is 5.99. The Morgan fingerprint density at radius 2 is 2.24 bits per heavy atom. The number of carbonyl (C=O) groups is 1. The maximum absolute atomic E-state index is 12.8. The lowest BCUT2D eigenvalue weighted by Crippen LogP contribution is -2.37. The summed E-state index contributed by atoms with van der Waals surface area (Å²) in [5, 5.41) is 13.7. The molecule has 33 heavy (non-hydrogen) atoms.